The molecule has 0 spiro atoms. The maximum Gasteiger partial charge on any atom is 0.263 e. The third-order valence-corrected chi connectivity index (χ3v) is 8.25. The highest BCUT2D eigenvalue weighted by Crippen LogP contribution is 2.35. The van der Waals surface area contributed by atoms with Crippen molar-refractivity contribution in [1.82, 2.24) is 9.88 Å². The molecule has 0 aliphatic carbocycles. The second kappa shape index (κ2) is 11.6. The second-order valence-electron chi connectivity index (χ2n) is 8.25. The summed E-state index contributed by atoms with van der Waals surface area (Å²) in [5.74, 6) is 0.249. The minimum Gasteiger partial charge on any atom is -0.496 e. The fourth-order valence-electron chi connectivity index (χ4n) is 4.09. The Hall–Kier alpha value is -2.72. The Labute approximate surface area is 222 Å². The lowest BCUT2D eigenvalue weighted by atomic mass is 10.0. The summed E-state index contributed by atoms with van der Waals surface area (Å²) in [4.78, 5) is 22.7. The fourth-order valence-corrected chi connectivity index (χ4v) is 6.01. The highest BCUT2D eigenvalue weighted by atomic mass is 35.5. The van der Waals surface area contributed by atoms with Crippen molar-refractivity contribution in [2.45, 2.75) is 18.7 Å². The number of rotatable bonds is 9. The number of carbonyl (C=O) groups is 1. The number of carbonyl (C=O) groups excluding carboxylic acids is 1. The molecule has 3 aromatic carbocycles. The monoisotopic (exact) mass is 547 g/mol. The number of ether oxygens (including phenoxy) is 1. The molecule has 0 N–H and O–H groups in total. The van der Waals surface area contributed by atoms with Gasteiger partial charge in [0, 0.05) is 19.3 Å². The van der Waals surface area contributed by atoms with E-state index in [4.69, 9.17) is 4.74 Å². The number of halogens is 1. The van der Waals surface area contributed by atoms with E-state index in [1.807, 2.05) is 42.5 Å². The predicted molar refractivity (Wildman–Crippen MR) is 150 cm³/mol. The van der Waals surface area contributed by atoms with Gasteiger partial charge in [-0.1, -0.05) is 55.5 Å². The van der Waals surface area contributed by atoms with Gasteiger partial charge >= 0.3 is 0 Å². The summed E-state index contributed by atoms with van der Waals surface area (Å²) in [7, 11) is -1.92. The Balaban J connectivity index is 0.00000361. The molecule has 0 radical (unpaired) electrons. The van der Waals surface area contributed by atoms with Gasteiger partial charge in [-0.15, -0.1) is 12.4 Å². The summed E-state index contributed by atoms with van der Waals surface area (Å²) in [5.41, 5.74) is 0.828. The van der Waals surface area contributed by atoms with Gasteiger partial charge in [-0.25, -0.2) is 13.4 Å². The Kier molecular flexibility index (Phi) is 8.94. The number of methoxy groups -OCH3 is 1. The molecule has 4 aromatic rings. The Morgan fingerprint density at radius 1 is 1.00 bits per heavy atom. The number of likely N-dealkylation sites (N-methyl/N-ethyl adjacent to an activating group) is 1. The SMILES string of the molecule is CCN(CC)CCN(C(=O)c1cc2ccccc2cc1OC)c1nc2c(S(C)(=O)=O)cccc2s1.Cl. The zero-order valence-electron chi connectivity index (χ0n) is 20.7. The Morgan fingerprint density at radius 2 is 1.67 bits per heavy atom. The quantitative estimate of drug-likeness (QED) is 0.284. The van der Waals surface area contributed by atoms with Gasteiger partial charge in [0.25, 0.3) is 5.91 Å². The molecule has 0 unspecified atom stereocenters. The first-order valence-electron chi connectivity index (χ1n) is 11.5. The molecule has 0 saturated carbocycles. The number of sulfone groups is 1. The van der Waals surface area contributed by atoms with Gasteiger partial charge in [0.05, 0.1) is 22.3 Å². The Bertz CT molecular complexity index is 1480. The summed E-state index contributed by atoms with van der Waals surface area (Å²) in [6, 6.07) is 16.6. The number of hydrogen-bond acceptors (Lipinski definition) is 7. The minimum atomic E-state index is -3.47. The fraction of sp³-hybridized carbons (Fsp3) is 0.308. The molecule has 36 heavy (non-hydrogen) atoms. The van der Waals surface area contributed by atoms with Crippen LogP contribution in [-0.4, -0.2) is 63.8 Å². The molecular weight excluding hydrogens is 518 g/mol. The number of fused-ring (bicyclic) bond motifs is 2. The van der Waals surface area contributed by atoms with Crippen molar-refractivity contribution >= 4 is 65.6 Å². The largest absolute Gasteiger partial charge is 0.496 e. The van der Waals surface area contributed by atoms with Crippen LogP contribution in [0.1, 0.15) is 24.2 Å². The van der Waals surface area contributed by atoms with Crippen molar-refractivity contribution in [2.75, 3.05) is 44.4 Å². The van der Waals surface area contributed by atoms with Crippen LogP contribution in [0.2, 0.25) is 0 Å². The van der Waals surface area contributed by atoms with E-state index in [2.05, 4.69) is 23.7 Å². The maximum atomic E-state index is 14.0. The lowest BCUT2D eigenvalue weighted by molar-refractivity contribution is 0.0981. The average Bonchev–Trinajstić information content (AvgIpc) is 3.28. The summed E-state index contributed by atoms with van der Waals surface area (Å²) in [6.45, 7) is 6.94. The van der Waals surface area contributed by atoms with Crippen LogP contribution in [0.15, 0.2) is 59.5 Å². The molecule has 0 aliphatic rings. The van der Waals surface area contributed by atoms with E-state index in [-0.39, 0.29) is 23.2 Å². The van der Waals surface area contributed by atoms with E-state index in [1.54, 1.807) is 24.1 Å². The number of hydrogen-bond donors (Lipinski definition) is 0. The molecule has 1 aromatic heterocycles. The van der Waals surface area contributed by atoms with E-state index in [9.17, 15) is 13.2 Å². The number of nitrogens with zero attached hydrogens (tertiary/aromatic N) is 3. The van der Waals surface area contributed by atoms with E-state index >= 15 is 0 Å². The summed E-state index contributed by atoms with van der Waals surface area (Å²) in [5, 5.41) is 2.38. The maximum absolute atomic E-state index is 14.0. The van der Waals surface area contributed by atoms with Crippen molar-refractivity contribution in [3.63, 3.8) is 0 Å². The van der Waals surface area contributed by atoms with Crippen molar-refractivity contribution in [1.29, 1.82) is 0 Å². The van der Waals surface area contributed by atoms with Crippen LogP contribution < -0.4 is 9.64 Å². The molecule has 4 rings (SSSR count). The minimum absolute atomic E-state index is 0. The molecule has 0 saturated heterocycles. The van der Waals surface area contributed by atoms with E-state index in [0.717, 1.165) is 23.9 Å². The summed E-state index contributed by atoms with van der Waals surface area (Å²) in [6.07, 6.45) is 1.17. The smallest absolute Gasteiger partial charge is 0.263 e. The number of benzene rings is 3. The molecule has 1 heterocycles. The Morgan fingerprint density at radius 3 is 2.28 bits per heavy atom. The third kappa shape index (κ3) is 5.64. The van der Waals surface area contributed by atoms with Crippen LogP contribution in [0.3, 0.4) is 0 Å². The van der Waals surface area contributed by atoms with Crippen LogP contribution in [-0.2, 0) is 9.84 Å². The van der Waals surface area contributed by atoms with Gasteiger partial charge in [0.1, 0.15) is 11.3 Å². The van der Waals surface area contributed by atoms with Crippen molar-refractivity contribution in [3.05, 3.63) is 60.2 Å². The van der Waals surface area contributed by atoms with Crippen LogP contribution in [0.5, 0.6) is 5.75 Å². The lowest BCUT2D eigenvalue weighted by Crippen LogP contribution is -2.39. The zero-order chi connectivity index (χ0) is 25.2. The molecule has 0 atom stereocenters. The second-order valence-corrected chi connectivity index (χ2v) is 11.2. The molecule has 0 fully saturated rings. The number of thiazole rings is 1. The van der Waals surface area contributed by atoms with Crippen LogP contribution in [0.25, 0.3) is 21.0 Å². The highest BCUT2D eigenvalue weighted by Gasteiger charge is 2.26. The van der Waals surface area contributed by atoms with Crippen molar-refractivity contribution in [2.24, 2.45) is 0 Å². The molecule has 10 heteroatoms. The summed E-state index contributed by atoms with van der Waals surface area (Å²) >= 11 is 1.31. The number of anilines is 1. The normalized spacial score (nSPS) is 11.6. The topological polar surface area (TPSA) is 79.8 Å². The third-order valence-electron chi connectivity index (χ3n) is 6.08. The van der Waals surface area contributed by atoms with Crippen LogP contribution in [0, 0.1) is 0 Å². The van der Waals surface area contributed by atoms with Gasteiger partial charge in [0.15, 0.2) is 15.0 Å². The van der Waals surface area contributed by atoms with E-state index in [0.29, 0.717) is 39.8 Å². The molecule has 0 aliphatic heterocycles. The van der Waals surface area contributed by atoms with Crippen LogP contribution >= 0.6 is 23.7 Å². The lowest BCUT2D eigenvalue weighted by Gasteiger charge is -2.25. The van der Waals surface area contributed by atoms with Crippen molar-refractivity contribution in [3.8, 4) is 5.75 Å². The van der Waals surface area contributed by atoms with E-state index in [1.165, 1.54) is 17.6 Å². The first-order valence-corrected chi connectivity index (χ1v) is 14.2. The van der Waals surface area contributed by atoms with Gasteiger partial charge in [-0.3, -0.25) is 9.69 Å². The van der Waals surface area contributed by atoms with E-state index < -0.39 is 9.84 Å². The standard InChI is InChI=1S/C26H29N3O4S2.ClH/c1-5-28(6-2)14-15-29(26-27-24-22(34-26)12-9-13-23(24)35(4,31)32)25(30)20-16-18-10-7-8-11-19(18)17-21(20)33-3;/h7-13,16-17H,5-6,14-15H2,1-4H3;1H. The first kappa shape index (κ1) is 27.9. The molecule has 1 amide bonds. The average molecular weight is 548 g/mol. The molecular formula is C26H30ClN3O4S2. The van der Waals surface area contributed by atoms with Gasteiger partial charge in [-0.05, 0) is 48.1 Å². The molecule has 0 bridgehead atoms. The van der Waals surface area contributed by atoms with Gasteiger partial charge < -0.3 is 9.64 Å². The summed E-state index contributed by atoms with van der Waals surface area (Å²) < 4.78 is 31.0. The molecule has 7 nitrogen and oxygen atoms in total. The zero-order valence-corrected chi connectivity index (χ0v) is 23.2. The number of aromatic nitrogens is 1. The van der Waals surface area contributed by atoms with Gasteiger partial charge in [0.2, 0.25) is 0 Å². The predicted octanol–water partition coefficient (Wildman–Crippen LogP) is 5.27. The van der Waals surface area contributed by atoms with Crippen molar-refractivity contribution < 1.29 is 17.9 Å². The first-order chi connectivity index (χ1) is 16.8. The van der Waals surface area contributed by atoms with Crippen LogP contribution in [0.4, 0.5) is 5.13 Å². The highest BCUT2D eigenvalue weighted by molar-refractivity contribution is 7.91. The number of para-hydroxylation sites is 1. The number of amides is 1. The molecule has 192 valence electrons. The van der Waals surface area contributed by atoms with Gasteiger partial charge in [-0.2, -0.15) is 0 Å².